The van der Waals surface area contributed by atoms with Gasteiger partial charge in [0.15, 0.2) is 0 Å². The summed E-state index contributed by atoms with van der Waals surface area (Å²) in [6.07, 6.45) is 1.45. The number of aryl methyl sites for hydroxylation is 1. The Labute approximate surface area is 151 Å². The van der Waals surface area contributed by atoms with Gasteiger partial charge in [0, 0.05) is 54.4 Å². The molecule has 0 spiro atoms. The minimum absolute atomic E-state index is 0.0195. The highest BCUT2D eigenvalue weighted by Gasteiger charge is 2.25. The fourth-order valence-corrected chi connectivity index (χ4v) is 4.26. The minimum Gasteiger partial charge on any atom is -0.343 e. The summed E-state index contributed by atoms with van der Waals surface area (Å²) in [4.78, 5) is 22.5. The van der Waals surface area contributed by atoms with E-state index in [1.54, 1.807) is 11.3 Å². The molecule has 5 nitrogen and oxygen atoms in total. The van der Waals surface area contributed by atoms with Gasteiger partial charge in [-0.25, -0.2) is 4.98 Å². The van der Waals surface area contributed by atoms with Crippen molar-refractivity contribution in [3.8, 4) is 0 Å². The third-order valence-corrected chi connectivity index (χ3v) is 5.87. The van der Waals surface area contributed by atoms with Crippen molar-refractivity contribution in [1.29, 1.82) is 0 Å². The largest absolute Gasteiger partial charge is 0.343 e. The highest BCUT2D eigenvalue weighted by molar-refractivity contribution is 7.10. The molecule has 1 aliphatic heterocycles. The highest BCUT2D eigenvalue weighted by Crippen LogP contribution is 2.26. The molecule has 0 unspecified atom stereocenters. The van der Waals surface area contributed by atoms with Gasteiger partial charge in [0.1, 0.15) is 5.82 Å². The summed E-state index contributed by atoms with van der Waals surface area (Å²) in [6, 6.07) is 4.13. The fourth-order valence-electron chi connectivity index (χ4n) is 2.64. The molecule has 24 heavy (non-hydrogen) atoms. The van der Waals surface area contributed by atoms with E-state index in [2.05, 4.69) is 46.5 Å². The number of carbonyl (C=O) groups excluding carboxylic acids is 1. The molecule has 0 aromatic carbocycles. The van der Waals surface area contributed by atoms with Crippen molar-refractivity contribution >= 4 is 33.9 Å². The zero-order valence-electron chi connectivity index (χ0n) is 14.5. The van der Waals surface area contributed by atoms with E-state index in [4.69, 9.17) is 0 Å². The molecular formula is C17H24N4OS2. The Kier molecular flexibility index (Phi) is 5.20. The normalized spacial score (nSPS) is 15.8. The van der Waals surface area contributed by atoms with Crippen molar-refractivity contribution in [3.63, 3.8) is 0 Å². The second-order valence-corrected chi connectivity index (χ2v) is 8.86. The Balaban J connectivity index is 1.50. The summed E-state index contributed by atoms with van der Waals surface area (Å²) in [7, 11) is 0. The number of thiophene rings is 1. The third-order valence-electron chi connectivity index (χ3n) is 4.15. The second-order valence-electron chi connectivity index (χ2n) is 7.10. The molecule has 2 aromatic heterocycles. The summed E-state index contributed by atoms with van der Waals surface area (Å²) in [5, 5.41) is 3.04. The Morgan fingerprint density at radius 1 is 1.25 bits per heavy atom. The molecule has 1 saturated heterocycles. The van der Waals surface area contributed by atoms with Gasteiger partial charge in [-0.15, -0.1) is 11.3 Å². The standard InChI is InChI=1S/C17H24N4OS2/c1-17(2,3)15-18-16(24-19-15)21-10-8-20(9-11-21)14(22)7-6-13-5-4-12-23-13/h4-5,12H,6-11H2,1-3H3. The van der Waals surface area contributed by atoms with Crippen LogP contribution in [0.1, 0.15) is 37.9 Å². The van der Waals surface area contributed by atoms with Crippen LogP contribution >= 0.6 is 22.9 Å². The van der Waals surface area contributed by atoms with Crippen molar-refractivity contribution in [1.82, 2.24) is 14.3 Å². The quantitative estimate of drug-likeness (QED) is 0.836. The van der Waals surface area contributed by atoms with Crippen molar-refractivity contribution in [2.24, 2.45) is 0 Å². The molecule has 1 amide bonds. The van der Waals surface area contributed by atoms with Gasteiger partial charge in [0.05, 0.1) is 0 Å². The molecule has 0 N–H and O–H groups in total. The van der Waals surface area contributed by atoms with Crippen molar-refractivity contribution in [2.45, 2.75) is 39.0 Å². The molecule has 1 aliphatic rings. The van der Waals surface area contributed by atoms with E-state index in [1.165, 1.54) is 16.4 Å². The summed E-state index contributed by atoms with van der Waals surface area (Å²) >= 11 is 3.18. The number of hydrogen-bond acceptors (Lipinski definition) is 6. The van der Waals surface area contributed by atoms with Crippen LogP contribution in [0.5, 0.6) is 0 Å². The molecule has 2 aromatic rings. The van der Waals surface area contributed by atoms with E-state index < -0.39 is 0 Å². The maximum Gasteiger partial charge on any atom is 0.223 e. The predicted octanol–water partition coefficient (Wildman–Crippen LogP) is 3.18. The molecule has 130 valence electrons. The number of amides is 1. The first-order valence-corrected chi connectivity index (χ1v) is 9.98. The van der Waals surface area contributed by atoms with Crippen LogP contribution in [-0.4, -0.2) is 46.3 Å². The zero-order chi connectivity index (χ0) is 17.2. The van der Waals surface area contributed by atoms with Crippen molar-refractivity contribution in [3.05, 3.63) is 28.2 Å². The predicted molar refractivity (Wildman–Crippen MR) is 100 cm³/mol. The summed E-state index contributed by atoms with van der Waals surface area (Å²) < 4.78 is 4.48. The topological polar surface area (TPSA) is 49.3 Å². The number of rotatable bonds is 4. The first-order valence-electron chi connectivity index (χ1n) is 8.33. The lowest BCUT2D eigenvalue weighted by molar-refractivity contribution is -0.131. The lowest BCUT2D eigenvalue weighted by Gasteiger charge is -2.34. The summed E-state index contributed by atoms with van der Waals surface area (Å²) in [5.74, 6) is 1.16. The van der Waals surface area contributed by atoms with Crippen LogP contribution in [0.25, 0.3) is 0 Å². The van der Waals surface area contributed by atoms with Gasteiger partial charge < -0.3 is 9.80 Å². The zero-order valence-corrected chi connectivity index (χ0v) is 16.1. The van der Waals surface area contributed by atoms with E-state index in [-0.39, 0.29) is 11.3 Å². The minimum atomic E-state index is -0.0195. The molecule has 0 aliphatic carbocycles. The average Bonchev–Trinajstić information content (AvgIpc) is 3.23. The third kappa shape index (κ3) is 4.13. The van der Waals surface area contributed by atoms with Crippen molar-refractivity contribution in [2.75, 3.05) is 31.1 Å². The summed E-state index contributed by atoms with van der Waals surface area (Å²) in [6.45, 7) is 9.60. The number of aromatic nitrogens is 2. The van der Waals surface area contributed by atoms with Gasteiger partial charge >= 0.3 is 0 Å². The first-order chi connectivity index (χ1) is 11.4. The van der Waals surface area contributed by atoms with E-state index >= 15 is 0 Å². The lowest BCUT2D eigenvalue weighted by atomic mass is 9.96. The lowest BCUT2D eigenvalue weighted by Crippen LogP contribution is -2.48. The van der Waals surface area contributed by atoms with Crippen LogP contribution in [0.15, 0.2) is 17.5 Å². The van der Waals surface area contributed by atoms with Crippen LogP contribution in [0.4, 0.5) is 5.13 Å². The number of carbonyl (C=O) groups is 1. The Hall–Kier alpha value is -1.47. The SMILES string of the molecule is CC(C)(C)c1nsc(N2CCN(C(=O)CCc3cccs3)CC2)n1. The van der Waals surface area contributed by atoms with E-state index in [0.29, 0.717) is 6.42 Å². The van der Waals surface area contributed by atoms with Gasteiger partial charge in [0.2, 0.25) is 11.0 Å². The van der Waals surface area contributed by atoms with Crippen LogP contribution in [0.2, 0.25) is 0 Å². The van der Waals surface area contributed by atoms with E-state index in [1.807, 2.05) is 11.0 Å². The van der Waals surface area contributed by atoms with E-state index in [0.717, 1.165) is 43.6 Å². The van der Waals surface area contributed by atoms with Crippen molar-refractivity contribution < 1.29 is 4.79 Å². The maximum absolute atomic E-state index is 12.4. The van der Waals surface area contributed by atoms with E-state index in [9.17, 15) is 4.79 Å². The van der Waals surface area contributed by atoms with Gasteiger partial charge in [-0.05, 0) is 17.9 Å². The average molecular weight is 365 g/mol. The van der Waals surface area contributed by atoms with Crippen LogP contribution < -0.4 is 4.90 Å². The Bertz CT molecular complexity index is 667. The maximum atomic E-state index is 12.4. The van der Waals surface area contributed by atoms with Crippen LogP contribution in [0.3, 0.4) is 0 Å². The molecule has 0 saturated carbocycles. The molecule has 0 atom stereocenters. The second kappa shape index (κ2) is 7.19. The highest BCUT2D eigenvalue weighted by atomic mass is 32.1. The summed E-state index contributed by atoms with van der Waals surface area (Å²) in [5.41, 5.74) is -0.0195. The number of anilines is 1. The van der Waals surface area contributed by atoms with Gasteiger partial charge in [-0.1, -0.05) is 26.8 Å². The molecule has 0 radical (unpaired) electrons. The molecule has 7 heteroatoms. The first kappa shape index (κ1) is 17.4. The number of piperazine rings is 1. The molecule has 3 heterocycles. The Morgan fingerprint density at radius 3 is 2.58 bits per heavy atom. The molecule has 0 bridgehead atoms. The van der Waals surface area contributed by atoms with Crippen LogP contribution in [0, 0.1) is 0 Å². The molecular weight excluding hydrogens is 340 g/mol. The molecule has 1 fully saturated rings. The fraction of sp³-hybridized carbons (Fsp3) is 0.588. The van der Waals surface area contributed by atoms with Crippen LogP contribution in [-0.2, 0) is 16.6 Å². The Morgan fingerprint density at radius 2 is 2.00 bits per heavy atom. The number of nitrogens with zero attached hydrogens (tertiary/aromatic N) is 4. The smallest absolute Gasteiger partial charge is 0.223 e. The van der Waals surface area contributed by atoms with Gasteiger partial charge in [0.25, 0.3) is 0 Å². The number of hydrogen-bond donors (Lipinski definition) is 0. The monoisotopic (exact) mass is 364 g/mol. The van der Waals surface area contributed by atoms with Gasteiger partial charge in [-0.2, -0.15) is 4.37 Å². The van der Waals surface area contributed by atoms with Gasteiger partial charge in [-0.3, -0.25) is 4.79 Å². The molecule has 3 rings (SSSR count).